The molecule has 6 nitrogen and oxygen atoms in total. The summed E-state index contributed by atoms with van der Waals surface area (Å²) in [5.74, 6) is -0.667. The van der Waals surface area contributed by atoms with Crippen molar-refractivity contribution in [1.82, 2.24) is 0 Å². The first-order valence-electron chi connectivity index (χ1n) is 8.52. The van der Waals surface area contributed by atoms with Crippen LogP contribution in [0.4, 0.5) is 0 Å². The Morgan fingerprint density at radius 3 is 2.39 bits per heavy atom. The molecule has 2 aromatic rings. The summed E-state index contributed by atoms with van der Waals surface area (Å²) in [6.07, 6.45) is 1.39. The van der Waals surface area contributed by atoms with Crippen LogP contribution in [0.5, 0.6) is 11.5 Å². The first kappa shape index (κ1) is 21.2. The number of ether oxygens (including phenoxy) is 3. The van der Waals surface area contributed by atoms with Crippen LogP contribution in [0.2, 0.25) is 0 Å². The second-order valence-electron chi connectivity index (χ2n) is 5.43. The second kappa shape index (κ2) is 10.3. The van der Waals surface area contributed by atoms with Crippen LogP contribution in [0.3, 0.4) is 0 Å². The van der Waals surface area contributed by atoms with Gasteiger partial charge in [-0.1, -0.05) is 22.0 Å². The first-order chi connectivity index (χ1) is 13.5. The molecule has 0 saturated carbocycles. The summed E-state index contributed by atoms with van der Waals surface area (Å²) in [6.45, 7) is 3.98. The molecule has 0 N–H and O–H groups in total. The molecule has 28 heavy (non-hydrogen) atoms. The number of halogens is 1. The molecule has 2 rings (SSSR count). The molecular weight excluding hydrogens is 426 g/mol. The highest BCUT2D eigenvalue weighted by Crippen LogP contribution is 2.30. The van der Waals surface area contributed by atoms with E-state index in [0.29, 0.717) is 23.5 Å². The minimum Gasteiger partial charge on any atom is -0.490 e. The van der Waals surface area contributed by atoms with Crippen LogP contribution in [0.25, 0.3) is 6.08 Å². The highest BCUT2D eigenvalue weighted by Gasteiger charge is 2.15. The van der Waals surface area contributed by atoms with Gasteiger partial charge in [0, 0.05) is 4.47 Å². The van der Waals surface area contributed by atoms with Crippen molar-refractivity contribution in [2.24, 2.45) is 0 Å². The molecule has 0 saturated heterocycles. The number of nitriles is 1. The maximum absolute atomic E-state index is 12.3. The van der Waals surface area contributed by atoms with Gasteiger partial charge in [-0.15, -0.1) is 0 Å². The minimum absolute atomic E-state index is 0.135. The van der Waals surface area contributed by atoms with Gasteiger partial charge in [0.05, 0.1) is 18.8 Å². The zero-order chi connectivity index (χ0) is 20.5. The Morgan fingerprint density at radius 1 is 1.07 bits per heavy atom. The molecule has 7 heteroatoms. The van der Waals surface area contributed by atoms with Crippen molar-refractivity contribution >= 4 is 33.9 Å². The molecule has 0 radical (unpaired) electrons. The Morgan fingerprint density at radius 2 is 1.79 bits per heavy atom. The van der Waals surface area contributed by atoms with Gasteiger partial charge in [0.1, 0.15) is 11.6 Å². The van der Waals surface area contributed by atoms with E-state index in [-0.39, 0.29) is 17.9 Å². The average molecular weight is 444 g/mol. The van der Waals surface area contributed by atoms with Crippen LogP contribution in [0.1, 0.15) is 29.8 Å². The molecule has 0 aliphatic rings. The summed E-state index contributed by atoms with van der Waals surface area (Å²) in [5.41, 5.74) is 0.795. The third kappa shape index (κ3) is 5.69. The number of rotatable bonds is 7. The lowest BCUT2D eigenvalue weighted by Crippen LogP contribution is -2.09. The van der Waals surface area contributed by atoms with E-state index >= 15 is 0 Å². The Kier molecular flexibility index (Phi) is 7.78. The molecule has 0 unspecified atom stereocenters. The van der Waals surface area contributed by atoms with Gasteiger partial charge in [-0.25, -0.2) is 9.59 Å². The number of carbonyl (C=O) groups excluding carboxylic acids is 2. The fourth-order valence-corrected chi connectivity index (χ4v) is 2.49. The number of hydrogen-bond acceptors (Lipinski definition) is 6. The quantitative estimate of drug-likeness (QED) is 0.270. The van der Waals surface area contributed by atoms with Gasteiger partial charge >= 0.3 is 11.9 Å². The van der Waals surface area contributed by atoms with Crippen molar-refractivity contribution in [3.05, 3.63) is 63.6 Å². The van der Waals surface area contributed by atoms with E-state index < -0.39 is 11.9 Å². The van der Waals surface area contributed by atoms with Crippen molar-refractivity contribution in [3.63, 3.8) is 0 Å². The Hall–Kier alpha value is -3.11. The lowest BCUT2D eigenvalue weighted by Gasteiger charge is -2.11. The van der Waals surface area contributed by atoms with Crippen molar-refractivity contribution in [2.75, 3.05) is 13.2 Å². The Balaban J connectivity index is 2.29. The zero-order valence-electron chi connectivity index (χ0n) is 15.4. The van der Waals surface area contributed by atoms with Crippen LogP contribution in [0, 0.1) is 11.3 Å². The summed E-state index contributed by atoms with van der Waals surface area (Å²) < 4.78 is 16.7. The summed E-state index contributed by atoms with van der Waals surface area (Å²) in [5, 5.41) is 9.15. The molecule has 144 valence electrons. The minimum atomic E-state index is -0.700. The average Bonchev–Trinajstić information content (AvgIpc) is 2.68. The SMILES string of the molecule is CCOC(=O)C(C#N)=Cc1ccc(OC(=O)c2ccc(Br)cc2)c(OCC)c1. The maximum atomic E-state index is 12.3. The number of esters is 2. The highest BCUT2D eigenvalue weighted by molar-refractivity contribution is 9.10. The summed E-state index contributed by atoms with van der Waals surface area (Å²) in [6, 6.07) is 13.3. The summed E-state index contributed by atoms with van der Waals surface area (Å²) in [4.78, 5) is 24.1. The summed E-state index contributed by atoms with van der Waals surface area (Å²) in [7, 11) is 0. The van der Waals surface area contributed by atoms with E-state index in [1.807, 2.05) is 6.07 Å². The smallest absolute Gasteiger partial charge is 0.348 e. The number of nitrogens with zero attached hydrogens (tertiary/aromatic N) is 1. The van der Waals surface area contributed by atoms with Gasteiger partial charge in [0.2, 0.25) is 0 Å². The summed E-state index contributed by atoms with van der Waals surface area (Å²) >= 11 is 3.31. The lowest BCUT2D eigenvalue weighted by molar-refractivity contribution is -0.137. The van der Waals surface area contributed by atoms with E-state index in [9.17, 15) is 9.59 Å². The standard InChI is InChI=1S/C21H18BrNO5/c1-3-26-19-12-14(11-16(13-23)20(24)27-4-2)5-10-18(19)28-21(25)15-6-8-17(22)9-7-15/h5-12H,3-4H2,1-2H3. The molecule has 0 aromatic heterocycles. The van der Waals surface area contributed by atoms with Crippen LogP contribution < -0.4 is 9.47 Å². The van der Waals surface area contributed by atoms with Gasteiger partial charge in [-0.3, -0.25) is 0 Å². The molecule has 0 aliphatic heterocycles. The third-order valence-corrected chi connectivity index (χ3v) is 4.01. The topological polar surface area (TPSA) is 85.6 Å². The lowest BCUT2D eigenvalue weighted by atomic mass is 10.1. The second-order valence-corrected chi connectivity index (χ2v) is 6.34. The predicted octanol–water partition coefficient (Wildman–Crippen LogP) is 4.54. The van der Waals surface area contributed by atoms with Crippen LogP contribution in [-0.4, -0.2) is 25.2 Å². The predicted molar refractivity (Wildman–Crippen MR) is 107 cm³/mol. The van der Waals surface area contributed by atoms with Crippen LogP contribution in [0.15, 0.2) is 52.5 Å². The van der Waals surface area contributed by atoms with Gasteiger partial charge in [-0.2, -0.15) is 5.26 Å². The van der Waals surface area contributed by atoms with Gasteiger partial charge < -0.3 is 14.2 Å². The van der Waals surface area contributed by atoms with Gasteiger partial charge in [0.25, 0.3) is 0 Å². The van der Waals surface area contributed by atoms with Crippen molar-refractivity contribution in [3.8, 4) is 17.6 Å². The Bertz CT molecular complexity index is 929. The third-order valence-electron chi connectivity index (χ3n) is 3.48. The molecule has 0 amide bonds. The molecule has 0 atom stereocenters. The molecule has 0 fully saturated rings. The van der Waals surface area contributed by atoms with E-state index in [1.54, 1.807) is 56.3 Å². The number of carbonyl (C=O) groups is 2. The molecule has 0 spiro atoms. The van der Waals surface area contributed by atoms with Crippen LogP contribution in [-0.2, 0) is 9.53 Å². The fourth-order valence-electron chi connectivity index (χ4n) is 2.22. The zero-order valence-corrected chi connectivity index (χ0v) is 17.0. The fraction of sp³-hybridized carbons (Fsp3) is 0.190. The normalized spacial score (nSPS) is 10.7. The Labute approximate surface area is 171 Å². The van der Waals surface area contributed by atoms with Crippen molar-refractivity contribution in [1.29, 1.82) is 5.26 Å². The van der Waals surface area contributed by atoms with Crippen molar-refractivity contribution < 1.29 is 23.8 Å². The van der Waals surface area contributed by atoms with E-state index in [1.165, 1.54) is 6.08 Å². The molecular formula is C21H18BrNO5. The molecule has 2 aromatic carbocycles. The highest BCUT2D eigenvalue weighted by atomic mass is 79.9. The number of hydrogen-bond donors (Lipinski definition) is 0. The molecule has 0 aliphatic carbocycles. The monoisotopic (exact) mass is 443 g/mol. The van der Waals surface area contributed by atoms with Gasteiger partial charge in [-0.05, 0) is 61.9 Å². The molecule has 0 bridgehead atoms. The molecule has 0 heterocycles. The maximum Gasteiger partial charge on any atom is 0.348 e. The van der Waals surface area contributed by atoms with Crippen LogP contribution >= 0.6 is 15.9 Å². The van der Waals surface area contributed by atoms with E-state index in [4.69, 9.17) is 19.5 Å². The van der Waals surface area contributed by atoms with E-state index in [2.05, 4.69) is 15.9 Å². The first-order valence-corrected chi connectivity index (χ1v) is 9.31. The van der Waals surface area contributed by atoms with Gasteiger partial charge in [0.15, 0.2) is 11.5 Å². The van der Waals surface area contributed by atoms with E-state index in [0.717, 1.165) is 4.47 Å². The largest absolute Gasteiger partial charge is 0.490 e. The number of benzene rings is 2. The van der Waals surface area contributed by atoms with Crippen molar-refractivity contribution in [2.45, 2.75) is 13.8 Å².